The molecule has 0 aromatic heterocycles. The topological polar surface area (TPSA) is 118 Å². The number of anilines is 1. The number of amides is 1. The van der Waals surface area contributed by atoms with Crippen molar-refractivity contribution in [3.05, 3.63) is 27.3 Å². The number of carboxylic acid groups (broad SMARTS) is 1. The van der Waals surface area contributed by atoms with Gasteiger partial charge in [-0.2, -0.15) is 0 Å². The van der Waals surface area contributed by atoms with Gasteiger partial charge in [-0.05, 0) is 40.8 Å². The summed E-state index contributed by atoms with van der Waals surface area (Å²) in [6.07, 6.45) is -0.232. The Morgan fingerprint density at radius 1 is 1.45 bits per heavy atom. The van der Waals surface area contributed by atoms with Crippen LogP contribution in [0.4, 0.5) is 5.69 Å². The van der Waals surface area contributed by atoms with Crippen LogP contribution in [-0.4, -0.2) is 37.2 Å². The minimum atomic E-state index is -3.83. The molecule has 0 aliphatic carbocycles. The Bertz CT molecular complexity index is 688. The molecular weight excluding hydrogens is 399 g/mol. The maximum absolute atomic E-state index is 11.9. The van der Waals surface area contributed by atoms with Crippen molar-refractivity contribution < 1.29 is 23.1 Å². The van der Waals surface area contributed by atoms with Crippen LogP contribution < -0.4 is 10.0 Å². The molecule has 20 heavy (non-hydrogen) atoms. The molecule has 1 heterocycles. The number of primary sulfonamides is 1. The SMILES string of the molecule is NS(=O)(=O)C1CC(=O)N(c2ccc(I)cc2C(=O)O)C1. The third kappa shape index (κ3) is 2.94. The fourth-order valence-electron chi connectivity index (χ4n) is 2.04. The Morgan fingerprint density at radius 2 is 2.10 bits per heavy atom. The maximum atomic E-state index is 11.9. The first-order valence-electron chi connectivity index (χ1n) is 5.55. The highest BCUT2D eigenvalue weighted by Gasteiger charge is 2.38. The molecule has 0 bridgehead atoms. The van der Waals surface area contributed by atoms with Gasteiger partial charge >= 0.3 is 5.97 Å². The molecule has 0 radical (unpaired) electrons. The predicted molar refractivity (Wildman–Crippen MR) is 80.0 cm³/mol. The first-order chi connectivity index (χ1) is 9.20. The molecule has 0 spiro atoms. The lowest BCUT2D eigenvalue weighted by Crippen LogP contribution is -2.32. The minimum absolute atomic E-state index is 0.0414. The van der Waals surface area contributed by atoms with Crippen LogP contribution in [0.15, 0.2) is 18.2 Å². The van der Waals surface area contributed by atoms with E-state index in [0.29, 0.717) is 3.57 Å². The van der Waals surface area contributed by atoms with Crippen molar-refractivity contribution in [3.63, 3.8) is 0 Å². The second-order valence-corrected chi connectivity index (χ2v) is 7.48. The van der Waals surface area contributed by atoms with Gasteiger partial charge in [0.25, 0.3) is 0 Å². The van der Waals surface area contributed by atoms with Crippen molar-refractivity contribution in [2.75, 3.05) is 11.4 Å². The van der Waals surface area contributed by atoms with Crippen LogP contribution in [0.2, 0.25) is 0 Å². The number of hydrogen-bond acceptors (Lipinski definition) is 4. The molecule has 3 N–H and O–H groups in total. The molecule has 1 aromatic rings. The summed E-state index contributed by atoms with van der Waals surface area (Å²) in [5.74, 6) is -1.63. The largest absolute Gasteiger partial charge is 0.478 e. The van der Waals surface area contributed by atoms with E-state index >= 15 is 0 Å². The van der Waals surface area contributed by atoms with E-state index < -0.39 is 27.1 Å². The lowest BCUT2D eigenvalue weighted by molar-refractivity contribution is -0.117. The van der Waals surface area contributed by atoms with Gasteiger partial charge in [-0.25, -0.2) is 18.4 Å². The number of carboxylic acids is 1. The molecule has 1 unspecified atom stereocenters. The molecule has 1 aliphatic rings. The van der Waals surface area contributed by atoms with E-state index in [-0.39, 0.29) is 24.2 Å². The van der Waals surface area contributed by atoms with E-state index in [1.165, 1.54) is 12.1 Å². The van der Waals surface area contributed by atoms with Crippen LogP contribution in [0.25, 0.3) is 0 Å². The zero-order valence-corrected chi connectivity index (χ0v) is 13.1. The Labute approximate surface area is 128 Å². The standard InChI is InChI=1S/C11H11IN2O5S/c12-6-1-2-9(8(3-6)11(16)17)14-5-7(4-10(14)15)20(13,18)19/h1-3,7H,4-5H2,(H,16,17)(H2,13,18,19). The first kappa shape index (κ1) is 15.2. The molecule has 1 aliphatic heterocycles. The lowest BCUT2D eigenvalue weighted by Gasteiger charge is -2.18. The number of hydrogen-bond donors (Lipinski definition) is 2. The number of carbonyl (C=O) groups excluding carboxylic acids is 1. The van der Waals surface area contributed by atoms with Gasteiger partial charge < -0.3 is 10.0 Å². The van der Waals surface area contributed by atoms with E-state index in [2.05, 4.69) is 0 Å². The Morgan fingerprint density at radius 3 is 2.60 bits per heavy atom. The molecular formula is C11H11IN2O5S. The van der Waals surface area contributed by atoms with Crippen LogP contribution in [0.5, 0.6) is 0 Å². The lowest BCUT2D eigenvalue weighted by atomic mass is 10.1. The highest BCUT2D eigenvalue weighted by Crippen LogP contribution is 2.28. The van der Waals surface area contributed by atoms with E-state index in [1.807, 2.05) is 22.6 Å². The fraction of sp³-hybridized carbons (Fsp3) is 0.273. The van der Waals surface area contributed by atoms with Gasteiger partial charge in [0.1, 0.15) is 5.25 Å². The zero-order valence-electron chi connectivity index (χ0n) is 10.1. The van der Waals surface area contributed by atoms with Gasteiger partial charge in [-0.15, -0.1) is 0 Å². The molecule has 1 amide bonds. The van der Waals surface area contributed by atoms with Crippen molar-refractivity contribution in [2.45, 2.75) is 11.7 Å². The molecule has 0 saturated carbocycles. The zero-order chi connectivity index (χ0) is 15.1. The molecule has 9 heteroatoms. The van der Waals surface area contributed by atoms with E-state index in [9.17, 15) is 23.1 Å². The maximum Gasteiger partial charge on any atom is 0.337 e. The number of nitrogens with two attached hydrogens (primary N) is 1. The minimum Gasteiger partial charge on any atom is -0.478 e. The summed E-state index contributed by atoms with van der Waals surface area (Å²) in [6, 6.07) is 4.57. The third-order valence-corrected chi connectivity index (χ3v) is 4.95. The number of halogens is 1. The Hall–Kier alpha value is -1.20. The number of benzene rings is 1. The van der Waals surface area contributed by atoms with Crippen LogP contribution in [0.3, 0.4) is 0 Å². The smallest absolute Gasteiger partial charge is 0.337 e. The Kier molecular flexibility index (Phi) is 4.02. The van der Waals surface area contributed by atoms with E-state index in [1.54, 1.807) is 6.07 Å². The molecule has 1 aromatic carbocycles. The van der Waals surface area contributed by atoms with Crippen molar-refractivity contribution in [2.24, 2.45) is 5.14 Å². The van der Waals surface area contributed by atoms with Crippen molar-refractivity contribution in [1.82, 2.24) is 0 Å². The molecule has 1 atom stereocenters. The number of carbonyl (C=O) groups is 2. The van der Waals surface area contributed by atoms with Gasteiger partial charge in [0, 0.05) is 16.5 Å². The summed E-state index contributed by atoms with van der Waals surface area (Å²) in [5, 5.41) is 13.2. The summed E-state index contributed by atoms with van der Waals surface area (Å²) in [6.45, 7) is -0.126. The van der Waals surface area contributed by atoms with Crippen molar-refractivity contribution in [3.8, 4) is 0 Å². The van der Waals surface area contributed by atoms with Crippen LogP contribution in [0, 0.1) is 3.57 Å². The number of sulfonamides is 1. The summed E-state index contributed by atoms with van der Waals surface area (Å²) >= 11 is 1.96. The highest BCUT2D eigenvalue weighted by molar-refractivity contribution is 14.1. The van der Waals surface area contributed by atoms with Gasteiger partial charge in [0.15, 0.2) is 0 Å². The van der Waals surface area contributed by atoms with Crippen molar-refractivity contribution >= 4 is 50.2 Å². The second kappa shape index (κ2) is 5.30. The first-order valence-corrected chi connectivity index (χ1v) is 8.24. The third-order valence-electron chi connectivity index (χ3n) is 3.03. The van der Waals surface area contributed by atoms with Crippen LogP contribution >= 0.6 is 22.6 Å². The fourth-order valence-corrected chi connectivity index (χ4v) is 3.27. The van der Waals surface area contributed by atoms with Gasteiger partial charge in [-0.3, -0.25) is 4.79 Å². The van der Waals surface area contributed by atoms with Crippen molar-refractivity contribution in [1.29, 1.82) is 0 Å². The normalized spacial score (nSPS) is 19.4. The predicted octanol–water partition coefficient (Wildman–Crippen LogP) is 0.383. The van der Waals surface area contributed by atoms with E-state index in [4.69, 9.17) is 5.14 Å². The van der Waals surface area contributed by atoms with E-state index in [0.717, 1.165) is 4.90 Å². The molecule has 1 fully saturated rings. The average molecular weight is 410 g/mol. The Balaban J connectivity index is 2.43. The molecule has 2 rings (SSSR count). The summed E-state index contributed by atoms with van der Waals surface area (Å²) in [7, 11) is -3.83. The average Bonchev–Trinajstić information content (AvgIpc) is 2.71. The molecule has 1 saturated heterocycles. The number of nitrogens with zero attached hydrogens (tertiary/aromatic N) is 1. The van der Waals surface area contributed by atoms with Gasteiger partial charge in [-0.1, -0.05) is 0 Å². The summed E-state index contributed by atoms with van der Waals surface area (Å²) in [5.41, 5.74) is 0.148. The highest BCUT2D eigenvalue weighted by atomic mass is 127. The monoisotopic (exact) mass is 410 g/mol. The summed E-state index contributed by atoms with van der Waals surface area (Å²) < 4.78 is 23.3. The molecule has 7 nitrogen and oxygen atoms in total. The quantitative estimate of drug-likeness (QED) is 0.699. The van der Waals surface area contributed by atoms with Crippen LogP contribution in [-0.2, 0) is 14.8 Å². The number of rotatable bonds is 3. The molecule has 108 valence electrons. The number of aromatic carboxylic acids is 1. The van der Waals surface area contributed by atoms with Crippen LogP contribution in [0.1, 0.15) is 16.8 Å². The summed E-state index contributed by atoms with van der Waals surface area (Å²) in [4.78, 5) is 24.3. The second-order valence-electron chi connectivity index (χ2n) is 4.39. The van der Waals surface area contributed by atoms with Gasteiger partial charge in [0.05, 0.1) is 11.3 Å². The van der Waals surface area contributed by atoms with Gasteiger partial charge in [0.2, 0.25) is 15.9 Å².